The van der Waals surface area contributed by atoms with Crippen molar-refractivity contribution in [1.29, 1.82) is 0 Å². The van der Waals surface area contributed by atoms with Gasteiger partial charge in [0.1, 0.15) is 0 Å². The molecule has 0 aliphatic carbocycles. The van der Waals surface area contributed by atoms with E-state index in [1.165, 1.54) is 70.3 Å². The van der Waals surface area contributed by atoms with E-state index in [0.29, 0.717) is 6.42 Å². The Morgan fingerprint density at radius 2 is 1.10 bits per heavy atom. The average Bonchev–Trinajstić information content (AvgIpc) is 2.67. The van der Waals surface area contributed by atoms with Gasteiger partial charge >= 0.3 is 0 Å². The quantitative estimate of drug-likeness (QED) is 0.420. The molecular formula is C21H41NO6S2. The molecule has 0 saturated heterocycles. The molecule has 7 nitrogen and oxygen atoms in total. The zero-order chi connectivity index (χ0) is 23.5. The van der Waals surface area contributed by atoms with Crippen LogP contribution in [0, 0.1) is 0 Å². The van der Waals surface area contributed by atoms with Crippen LogP contribution in [0.1, 0.15) is 72.6 Å². The lowest BCUT2D eigenvalue weighted by Crippen LogP contribution is -2.27. The Bertz CT molecular complexity index is 687. The van der Waals surface area contributed by atoms with Crippen LogP contribution in [0.4, 0.5) is 0 Å². The maximum Gasteiger partial charge on any atom is 0.294 e. The summed E-state index contributed by atoms with van der Waals surface area (Å²) in [6.45, 7) is 12.5. The Hall–Kier alpha value is -1.00. The van der Waals surface area contributed by atoms with Crippen LogP contribution in [0.15, 0.2) is 35.2 Å². The van der Waals surface area contributed by atoms with Gasteiger partial charge in [-0.25, -0.2) is 0 Å². The first-order valence-electron chi connectivity index (χ1n) is 10.7. The normalized spacial score (nSPS) is 11.3. The molecule has 30 heavy (non-hydrogen) atoms. The molecule has 0 atom stereocenters. The van der Waals surface area contributed by atoms with Gasteiger partial charge in [-0.1, -0.05) is 65.2 Å². The Labute approximate surface area is 184 Å². The minimum absolute atomic E-state index is 0.0741. The van der Waals surface area contributed by atoms with E-state index in [2.05, 4.69) is 25.7 Å². The van der Waals surface area contributed by atoms with Crippen molar-refractivity contribution in [1.82, 2.24) is 4.90 Å². The molecule has 0 amide bonds. The zero-order valence-electron chi connectivity index (χ0n) is 19.0. The van der Waals surface area contributed by atoms with Crippen LogP contribution in [0.5, 0.6) is 0 Å². The van der Waals surface area contributed by atoms with Gasteiger partial charge in [-0.05, 0) is 57.5 Å². The maximum absolute atomic E-state index is 10.4. The monoisotopic (exact) mass is 467 g/mol. The van der Waals surface area contributed by atoms with Crippen molar-refractivity contribution >= 4 is 20.2 Å². The largest absolute Gasteiger partial charge is 0.303 e. The number of hydrogen-bond acceptors (Lipinski definition) is 5. The van der Waals surface area contributed by atoms with Crippen molar-refractivity contribution in [3.05, 3.63) is 30.3 Å². The lowest BCUT2D eigenvalue weighted by atomic mass is 10.2. The molecule has 0 aliphatic heterocycles. The first-order chi connectivity index (χ1) is 14.0. The minimum atomic E-state index is -4.00. The number of hydrogen-bond donors (Lipinski definition) is 2. The van der Waals surface area contributed by atoms with Gasteiger partial charge in [0.05, 0.1) is 10.6 Å². The van der Waals surface area contributed by atoms with Crippen molar-refractivity contribution < 1.29 is 25.9 Å². The molecule has 2 N–H and O–H groups in total. The molecule has 0 saturated carbocycles. The summed E-state index contributed by atoms with van der Waals surface area (Å²) in [5, 5.41) is 0. The highest BCUT2D eigenvalue weighted by Gasteiger charge is 2.05. The summed E-state index contributed by atoms with van der Waals surface area (Å²) in [5.74, 6) is -0.132. The molecule has 0 spiro atoms. The molecule has 0 unspecified atom stereocenters. The fourth-order valence-corrected chi connectivity index (χ4v) is 3.35. The van der Waals surface area contributed by atoms with Crippen LogP contribution in [0.3, 0.4) is 0 Å². The topological polar surface area (TPSA) is 112 Å². The Morgan fingerprint density at radius 1 is 0.700 bits per heavy atom. The molecule has 0 aliphatic rings. The second kappa shape index (κ2) is 18.7. The second-order valence-corrected chi connectivity index (χ2v) is 9.97. The molecule has 0 fully saturated rings. The smallest absolute Gasteiger partial charge is 0.294 e. The predicted molar refractivity (Wildman–Crippen MR) is 124 cm³/mol. The summed E-state index contributed by atoms with van der Waals surface area (Å²) in [6, 6.07) is 7.42. The molecular weight excluding hydrogens is 426 g/mol. The summed E-state index contributed by atoms with van der Waals surface area (Å²) in [4.78, 5) is 2.56. The third-order valence-corrected chi connectivity index (χ3v) is 5.78. The highest BCUT2D eigenvalue weighted by atomic mass is 32.2. The zero-order valence-corrected chi connectivity index (χ0v) is 20.6. The summed E-state index contributed by atoms with van der Waals surface area (Å²) < 4.78 is 56.8. The first kappa shape index (κ1) is 31.2. The molecule has 9 heteroatoms. The van der Waals surface area contributed by atoms with E-state index in [9.17, 15) is 16.8 Å². The van der Waals surface area contributed by atoms with Crippen LogP contribution in [0.2, 0.25) is 0 Å². The highest BCUT2D eigenvalue weighted by Crippen LogP contribution is 2.05. The van der Waals surface area contributed by atoms with Crippen molar-refractivity contribution in [2.24, 2.45) is 0 Å². The van der Waals surface area contributed by atoms with Gasteiger partial charge in [-0.2, -0.15) is 16.8 Å². The molecule has 0 bridgehead atoms. The number of nitrogens with zero attached hydrogens (tertiary/aromatic N) is 1. The van der Waals surface area contributed by atoms with Crippen LogP contribution in [-0.4, -0.2) is 56.2 Å². The van der Waals surface area contributed by atoms with Crippen molar-refractivity contribution in [2.75, 3.05) is 25.4 Å². The molecule has 0 heterocycles. The van der Waals surface area contributed by atoms with Crippen LogP contribution < -0.4 is 0 Å². The minimum Gasteiger partial charge on any atom is -0.303 e. The van der Waals surface area contributed by atoms with Crippen LogP contribution in [0.25, 0.3) is 0 Å². The lowest BCUT2D eigenvalue weighted by Gasteiger charge is -2.21. The molecule has 0 aromatic heterocycles. The summed E-state index contributed by atoms with van der Waals surface area (Å²) in [5.41, 5.74) is 0. The Morgan fingerprint density at radius 3 is 1.30 bits per heavy atom. The lowest BCUT2D eigenvalue weighted by molar-refractivity contribution is 0.261. The molecule has 1 aromatic carbocycles. The predicted octanol–water partition coefficient (Wildman–Crippen LogP) is 4.91. The average molecular weight is 468 g/mol. The third-order valence-electron chi connectivity index (χ3n) is 3.99. The van der Waals surface area contributed by atoms with Crippen molar-refractivity contribution in [3.63, 3.8) is 0 Å². The third kappa shape index (κ3) is 21.7. The molecule has 1 rings (SSSR count). The van der Waals surface area contributed by atoms with Gasteiger partial charge in [0, 0.05) is 0 Å². The molecule has 178 valence electrons. The Balaban J connectivity index is 0. The number of unbranched alkanes of at least 4 members (excludes halogenated alkanes) is 3. The second-order valence-electron chi connectivity index (χ2n) is 6.98. The number of benzene rings is 1. The van der Waals surface area contributed by atoms with Gasteiger partial charge in [0.2, 0.25) is 0 Å². The van der Waals surface area contributed by atoms with E-state index in [4.69, 9.17) is 9.11 Å². The number of rotatable bonds is 12. The van der Waals surface area contributed by atoms with Crippen molar-refractivity contribution in [2.45, 2.75) is 77.5 Å². The van der Waals surface area contributed by atoms with E-state index in [1.54, 1.807) is 25.1 Å². The fraction of sp³-hybridized carbons (Fsp3) is 0.714. The van der Waals surface area contributed by atoms with Gasteiger partial charge in [-0.15, -0.1) is 0 Å². The first-order valence-corrected chi connectivity index (χ1v) is 13.8. The van der Waals surface area contributed by atoms with Crippen LogP contribution >= 0.6 is 0 Å². The van der Waals surface area contributed by atoms with E-state index in [-0.39, 0.29) is 10.6 Å². The van der Waals surface area contributed by atoms with Crippen LogP contribution in [-0.2, 0) is 20.2 Å². The van der Waals surface area contributed by atoms with Gasteiger partial charge < -0.3 is 4.90 Å². The van der Waals surface area contributed by atoms with E-state index >= 15 is 0 Å². The van der Waals surface area contributed by atoms with E-state index in [0.717, 1.165) is 0 Å². The standard InChI is InChI=1S/C12H27N.C6H6O3S.C3H8O3S/c1-4-7-10-13(11-8-5-2)12-9-6-3;7-10(8,9)6-4-2-1-3-5-6;1-2-3-7(4,5)6/h4-12H2,1-3H3;1-5H,(H,7,8,9);2-3H2,1H3,(H,4,5,6). The van der Waals surface area contributed by atoms with E-state index in [1.807, 2.05) is 0 Å². The van der Waals surface area contributed by atoms with Gasteiger partial charge in [-0.3, -0.25) is 9.11 Å². The summed E-state index contributed by atoms with van der Waals surface area (Å²) in [6.07, 6.45) is 8.56. The van der Waals surface area contributed by atoms with E-state index < -0.39 is 20.2 Å². The molecule has 0 radical (unpaired) electrons. The summed E-state index contributed by atoms with van der Waals surface area (Å²) >= 11 is 0. The molecule has 1 aromatic rings. The fourth-order valence-electron chi connectivity index (χ4n) is 2.33. The summed E-state index contributed by atoms with van der Waals surface area (Å²) in [7, 11) is -7.68. The Kier molecular flexibility index (Phi) is 19.5. The maximum atomic E-state index is 10.4. The SMILES string of the molecule is CCCCN(CCCC)CCCC.CCCS(=O)(=O)O.O=S(=O)(O)c1ccccc1. The van der Waals surface area contributed by atoms with Crippen molar-refractivity contribution in [3.8, 4) is 0 Å². The van der Waals surface area contributed by atoms with Gasteiger partial charge in [0.15, 0.2) is 0 Å². The highest BCUT2D eigenvalue weighted by molar-refractivity contribution is 7.86. The van der Waals surface area contributed by atoms with Gasteiger partial charge in [0.25, 0.3) is 20.2 Å².